The second-order valence-electron chi connectivity index (χ2n) is 1.88. The van der Waals surface area contributed by atoms with Crippen molar-refractivity contribution >= 4 is 29.9 Å². The van der Waals surface area contributed by atoms with Gasteiger partial charge in [0.1, 0.15) is 5.75 Å². The number of para-hydroxylation sites is 1. The Kier molecular flexibility index (Phi) is 6.91. The zero-order valence-corrected chi connectivity index (χ0v) is 8.62. The third-order valence-corrected chi connectivity index (χ3v) is 1.86. The first kappa shape index (κ1) is 12.7. The molecule has 0 amide bonds. The molecule has 72 valence electrons. The minimum absolute atomic E-state index is 0.355. The second kappa shape index (κ2) is 7.10. The molecular weight excluding hydrogens is 290 g/mol. The zero-order chi connectivity index (χ0) is 10.3. The van der Waals surface area contributed by atoms with Crippen LogP contribution in [0.4, 0.5) is 0 Å². The van der Waals surface area contributed by atoms with Gasteiger partial charge in [0.15, 0.2) is 0 Å². The molecule has 1 aromatic carbocycles. The summed E-state index contributed by atoms with van der Waals surface area (Å²) in [5, 5.41) is 30.9. The van der Waals surface area contributed by atoms with Crippen molar-refractivity contribution in [3.8, 4) is 5.75 Å². The largest absolute Gasteiger partial charge is 0.662 e. The molecule has 0 heterocycles. The van der Waals surface area contributed by atoms with E-state index in [0.717, 1.165) is 3.57 Å². The van der Waals surface area contributed by atoms with E-state index in [4.69, 9.17) is 20.4 Å². The molecule has 0 radical (unpaired) electrons. The summed E-state index contributed by atoms with van der Waals surface area (Å²) in [5.41, 5.74) is 0. The van der Waals surface area contributed by atoms with Crippen molar-refractivity contribution in [1.29, 1.82) is 0 Å². The summed E-state index contributed by atoms with van der Waals surface area (Å²) in [5.74, 6) is 0.355. The molecule has 0 saturated carbocycles. The summed E-state index contributed by atoms with van der Waals surface area (Å²) in [6.45, 7) is 0. The van der Waals surface area contributed by atoms with Gasteiger partial charge in [0.05, 0.1) is 3.57 Å². The smallest absolute Gasteiger partial charge is 0.507 e. The van der Waals surface area contributed by atoms with E-state index in [1.807, 2.05) is 12.1 Å². The lowest BCUT2D eigenvalue weighted by atomic mass is 10.3. The Morgan fingerprint density at radius 2 is 1.69 bits per heavy atom. The van der Waals surface area contributed by atoms with E-state index in [-0.39, 0.29) is 0 Å². The predicted octanol–water partition coefficient (Wildman–Crippen LogP) is 0.442. The van der Waals surface area contributed by atoms with Crippen LogP contribution in [0.1, 0.15) is 0 Å². The van der Waals surface area contributed by atoms with E-state index in [2.05, 4.69) is 27.4 Å². The van der Waals surface area contributed by atoms with Gasteiger partial charge in [-0.3, -0.25) is 5.26 Å². The molecule has 7 heteroatoms. The molecule has 0 unspecified atom stereocenters. The first-order valence-electron chi connectivity index (χ1n) is 3.17. The zero-order valence-electron chi connectivity index (χ0n) is 6.46. The van der Waals surface area contributed by atoms with Gasteiger partial charge in [-0.1, -0.05) is 12.1 Å². The van der Waals surface area contributed by atoms with Gasteiger partial charge >= 0.3 is 7.32 Å². The maximum absolute atomic E-state index is 8.91. The number of benzene rings is 1. The van der Waals surface area contributed by atoms with E-state index in [1.165, 1.54) is 0 Å². The van der Waals surface area contributed by atoms with E-state index >= 15 is 0 Å². The third-order valence-electron chi connectivity index (χ3n) is 0.947. The number of rotatable bonds is 1. The summed E-state index contributed by atoms with van der Waals surface area (Å²) in [6, 6.07) is 7.22. The minimum Gasteiger partial charge on any atom is -0.507 e. The fourth-order valence-corrected chi connectivity index (χ4v) is 0.839. The lowest BCUT2D eigenvalue weighted by molar-refractivity contribution is -0.173. The Morgan fingerprint density at radius 1 is 1.23 bits per heavy atom. The molecule has 13 heavy (non-hydrogen) atoms. The van der Waals surface area contributed by atoms with Crippen molar-refractivity contribution < 1.29 is 25.2 Å². The van der Waals surface area contributed by atoms with E-state index in [0.29, 0.717) is 5.75 Å². The SMILES string of the molecule is OOB(O)O.Oc1ccccc1I. The van der Waals surface area contributed by atoms with Crippen LogP contribution in [0, 0.1) is 3.57 Å². The first-order valence-corrected chi connectivity index (χ1v) is 4.25. The first-order chi connectivity index (χ1) is 6.07. The fourth-order valence-electron chi connectivity index (χ4n) is 0.452. The van der Waals surface area contributed by atoms with Gasteiger partial charge in [0.25, 0.3) is 0 Å². The normalized spacial score (nSPS) is 8.62. The van der Waals surface area contributed by atoms with Crippen LogP contribution in [-0.2, 0) is 4.81 Å². The molecule has 4 N–H and O–H groups in total. The third kappa shape index (κ3) is 6.78. The van der Waals surface area contributed by atoms with Crippen molar-refractivity contribution in [3.05, 3.63) is 27.8 Å². The molecule has 0 atom stereocenters. The van der Waals surface area contributed by atoms with Crippen molar-refractivity contribution in [2.75, 3.05) is 0 Å². The topological polar surface area (TPSA) is 90.2 Å². The maximum atomic E-state index is 8.91. The van der Waals surface area contributed by atoms with Crippen LogP contribution in [-0.4, -0.2) is 27.7 Å². The lowest BCUT2D eigenvalue weighted by Crippen LogP contribution is -2.13. The van der Waals surface area contributed by atoms with E-state index < -0.39 is 7.32 Å². The molecule has 0 aliphatic rings. The number of phenolic OH excluding ortho intramolecular Hbond substituents is 1. The number of phenols is 1. The van der Waals surface area contributed by atoms with Gasteiger partial charge in [-0.15, -0.1) is 0 Å². The monoisotopic (exact) mass is 298 g/mol. The lowest BCUT2D eigenvalue weighted by Gasteiger charge is -1.90. The molecule has 0 fully saturated rings. The highest BCUT2D eigenvalue weighted by Crippen LogP contribution is 2.16. The van der Waals surface area contributed by atoms with E-state index in [9.17, 15) is 0 Å². The molecule has 0 spiro atoms. The molecule has 0 aliphatic carbocycles. The van der Waals surface area contributed by atoms with Crippen LogP contribution >= 0.6 is 22.6 Å². The van der Waals surface area contributed by atoms with Crippen LogP contribution in [0.25, 0.3) is 0 Å². The minimum atomic E-state index is -2.06. The Hall–Kier alpha value is -0.345. The van der Waals surface area contributed by atoms with Crippen LogP contribution in [0.2, 0.25) is 0 Å². The van der Waals surface area contributed by atoms with Gasteiger partial charge in [-0.2, -0.15) is 0 Å². The van der Waals surface area contributed by atoms with Crippen LogP contribution < -0.4 is 0 Å². The number of hydrogen-bond donors (Lipinski definition) is 4. The highest BCUT2D eigenvalue weighted by Gasteiger charge is 2.03. The van der Waals surface area contributed by atoms with Crippen LogP contribution in [0.3, 0.4) is 0 Å². The molecule has 1 aromatic rings. The van der Waals surface area contributed by atoms with Crippen molar-refractivity contribution in [2.45, 2.75) is 0 Å². The quantitative estimate of drug-likeness (QED) is 0.261. The summed E-state index contributed by atoms with van der Waals surface area (Å²) in [4.78, 5) is 2.86. The number of halogens is 1. The molecule has 1 rings (SSSR count). The van der Waals surface area contributed by atoms with Gasteiger partial charge in [-0.25, -0.2) is 4.81 Å². The number of aromatic hydroxyl groups is 1. The number of hydrogen-bond acceptors (Lipinski definition) is 5. The highest BCUT2D eigenvalue weighted by atomic mass is 127. The Balaban J connectivity index is 0.000000252. The summed E-state index contributed by atoms with van der Waals surface area (Å²) >= 11 is 2.07. The average Bonchev–Trinajstić information content (AvgIpc) is 2.11. The summed E-state index contributed by atoms with van der Waals surface area (Å²) < 4.78 is 0.894. The molecule has 0 aromatic heterocycles. The molecule has 5 nitrogen and oxygen atoms in total. The van der Waals surface area contributed by atoms with Gasteiger partial charge in [-0.05, 0) is 34.7 Å². The van der Waals surface area contributed by atoms with Gasteiger partial charge in [0, 0.05) is 0 Å². The molecule has 0 bridgehead atoms. The fraction of sp³-hybridized carbons (Fsp3) is 0. The van der Waals surface area contributed by atoms with Crippen molar-refractivity contribution in [2.24, 2.45) is 0 Å². The van der Waals surface area contributed by atoms with Crippen molar-refractivity contribution in [3.63, 3.8) is 0 Å². The molecule has 0 saturated heterocycles. The average molecular weight is 298 g/mol. The maximum Gasteiger partial charge on any atom is 0.662 e. The van der Waals surface area contributed by atoms with Crippen LogP contribution in [0.15, 0.2) is 24.3 Å². The Morgan fingerprint density at radius 3 is 1.92 bits per heavy atom. The predicted molar refractivity (Wildman–Crippen MR) is 54.7 cm³/mol. The Labute approximate surface area is 88.8 Å². The summed E-state index contributed by atoms with van der Waals surface area (Å²) in [7, 11) is -2.06. The highest BCUT2D eigenvalue weighted by molar-refractivity contribution is 14.1. The second-order valence-corrected chi connectivity index (χ2v) is 3.05. The molecule has 0 aliphatic heterocycles. The van der Waals surface area contributed by atoms with E-state index in [1.54, 1.807) is 12.1 Å². The molecular formula is C6H8BIO5. The van der Waals surface area contributed by atoms with Crippen molar-refractivity contribution in [1.82, 2.24) is 0 Å². The Bertz CT molecular complexity index is 223. The standard InChI is InChI=1S/C6H5IO.BH3O4/c7-5-3-1-2-4-6(5)8;2-1(3)5-4/h1-4,8H;2-4H. The van der Waals surface area contributed by atoms with Gasteiger partial charge < -0.3 is 15.2 Å². The van der Waals surface area contributed by atoms with Gasteiger partial charge in [0.2, 0.25) is 0 Å². The summed E-state index contributed by atoms with van der Waals surface area (Å²) in [6.07, 6.45) is 0. The van der Waals surface area contributed by atoms with Crippen LogP contribution in [0.5, 0.6) is 5.75 Å².